The fourth-order valence-corrected chi connectivity index (χ4v) is 8.03. The summed E-state index contributed by atoms with van der Waals surface area (Å²) in [6.07, 6.45) is 13.0. The van der Waals surface area contributed by atoms with Crippen LogP contribution in [0, 0.1) is 5.41 Å². The van der Waals surface area contributed by atoms with E-state index in [2.05, 4.69) is 31.0 Å². The number of nitrogens with one attached hydrogen (secondary N) is 1. The van der Waals surface area contributed by atoms with E-state index in [1.165, 1.54) is 69.2 Å². The van der Waals surface area contributed by atoms with Crippen LogP contribution in [0.1, 0.15) is 119 Å². The molecule has 3 heterocycles. The molecule has 1 saturated carbocycles. The van der Waals surface area contributed by atoms with E-state index in [-0.39, 0.29) is 41.6 Å². The summed E-state index contributed by atoms with van der Waals surface area (Å²) < 4.78 is 6.74. The van der Waals surface area contributed by atoms with Gasteiger partial charge in [0.1, 0.15) is 11.6 Å². The summed E-state index contributed by atoms with van der Waals surface area (Å²) in [7, 11) is 0. The first kappa shape index (κ1) is 33.9. The van der Waals surface area contributed by atoms with Crippen molar-refractivity contribution < 1.29 is 23.6 Å². The highest BCUT2D eigenvalue weighted by atomic mass is 16.6. The summed E-state index contributed by atoms with van der Waals surface area (Å²) >= 11 is 0. The zero-order valence-corrected chi connectivity index (χ0v) is 28.3. The van der Waals surface area contributed by atoms with Crippen molar-refractivity contribution in [3.05, 3.63) is 0 Å². The summed E-state index contributed by atoms with van der Waals surface area (Å²) in [6, 6.07) is 0.0815. The summed E-state index contributed by atoms with van der Waals surface area (Å²) in [5, 5.41) is 3.24. The number of likely N-dealkylation sites (tertiary alicyclic amines) is 1. The predicted molar refractivity (Wildman–Crippen MR) is 171 cm³/mol. The number of hydrogen-bond acceptors (Lipinski definition) is 4. The van der Waals surface area contributed by atoms with E-state index in [0.717, 1.165) is 45.1 Å². The number of quaternary nitrogens is 1. The molecular formula is C34H62N5O4+. The van der Waals surface area contributed by atoms with E-state index < -0.39 is 5.60 Å². The Kier molecular flexibility index (Phi) is 11.3. The second-order valence-electron chi connectivity index (χ2n) is 15.3. The van der Waals surface area contributed by atoms with Crippen molar-refractivity contribution >= 4 is 18.0 Å². The average Bonchev–Trinajstić information content (AvgIpc) is 3.15. The minimum absolute atomic E-state index is 0.00155. The van der Waals surface area contributed by atoms with Gasteiger partial charge in [0, 0.05) is 37.6 Å². The van der Waals surface area contributed by atoms with Crippen molar-refractivity contribution in [2.75, 3.05) is 52.4 Å². The summed E-state index contributed by atoms with van der Waals surface area (Å²) in [5.74, 6) is 0.00155. The molecule has 1 N–H and O–H groups in total. The average molecular weight is 605 g/mol. The van der Waals surface area contributed by atoms with E-state index in [0.29, 0.717) is 19.6 Å². The van der Waals surface area contributed by atoms with Gasteiger partial charge < -0.3 is 29.2 Å². The Morgan fingerprint density at radius 1 is 0.907 bits per heavy atom. The minimum Gasteiger partial charge on any atom is -0.444 e. The van der Waals surface area contributed by atoms with Crippen LogP contribution in [0.25, 0.3) is 0 Å². The zero-order chi connectivity index (χ0) is 31.3. The molecule has 1 aliphatic carbocycles. The highest BCUT2D eigenvalue weighted by Gasteiger charge is 2.55. The Morgan fingerprint density at radius 3 is 2.05 bits per heavy atom. The Balaban J connectivity index is 1.20. The third-order valence-corrected chi connectivity index (χ3v) is 10.4. The monoisotopic (exact) mass is 604 g/mol. The molecule has 4 aliphatic rings. The van der Waals surface area contributed by atoms with Crippen LogP contribution in [0.5, 0.6) is 0 Å². The van der Waals surface area contributed by atoms with Crippen LogP contribution >= 0.6 is 0 Å². The van der Waals surface area contributed by atoms with E-state index >= 15 is 0 Å². The van der Waals surface area contributed by atoms with Crippen molar-refractivity contribution in [2.45, 2.75) is 142 Å². The molecule has 0 aromatic carbocycles. The Labute approximate surface area is 261 Å². The molecule has 9 nitrogen and oxygen atoms in total. The van der Waals surface area contributed by atoms with Crippen LogP contribution in [-0.2, 0) is 9.53 Å². The highest BCUT2D eigenvalue weighted by Crippen LogP contribution is 2.48. The predicted octanol–water partition coefficient (Wildman–Crippen LogP) is 5.77. The lowest BCUT2D eigenvalue weighted by atomic mass is 9.60. The van der Waals surface area contributed by atoms with Gasteiger partial charge in [-0.2, -0.15) is 0 Å². The Morgan fingerprint density at radius 2 is 1.49 bits per heavy atom. The fraction of sp³-hybridized carbons (Fsp3) is 0.912. The van der Waals surface area contributed by atoms with Crippen LogP contribution in [0.15, 0.2) is 0 Å². The van der Waals surface area contributed by atoms with Gasteiger partial charge >= 0.3 is 12.1 Å². The number of nitrogens with zero attached hydrogens (tertiary/aromatic N) is 4. The normalized spacial score (nSPS) is 23.4. The molecule has 0 radical (unpaired) electrons. The van der Waals surface area contributed by atoms with E-state index in [1.807, 2.05) is 25.7 Å². The van der Waals surface area contributed by atoms with Gasteiger partial charge in [0.25, 0.3) is 0 Å². The molecule has 2 atom stereocenters. The van der Waals surface area contributed by atoms with Crippen molar-refractivity contribution in [3.8, 4) is 0 Å². The Hall–Kier alpha value is -2.03. The lowest BCUT2D eigenvalue weighted by molar-refractivity contribution is -0.929. The van der Waals surface area contributed by atoms with Crippen LogP contribution in [-0.4, -0.2) is 113 Å². The molecule has 4 amide bonds. The van der Waals surface area contributed by atoms with E-state index in [4.69, 9.17) is 4.74 Å². The van der Waals surface area contributed by atoms with Crippen LogP contribution < -0.4 is 5.32 Å². The molecule has 3 aliphatic heterocycles. The van der Waals surface area contributed by atoms with Crippen molar-refractivity contribution in [1.29, 1.82) is 0 Å². The summed E-state index contributed by atoms with van der Waals surface area (Å²) in [6.45, 7) is 20.5. The van der Waals surface area contributed by atoms with Crippen LogP contribution in [0.2, 0.25) is 0 Å². The second-order valence-corrected chi connectivity index (χ2v) is 15.3. The minimum atomic E-state index is -0.487. The van der Waals surface area contributed by atoms with Gasteiger partial charge in [-0.1, -0.05) is 40.0 Å². The molecule has 0 aromatic heterocycles. The van der Waals surface area contributed by atoms with Gasteiger partial charge in [0.2, 0.25) is 5.91 Å². The topological polar surface area (TPSA) is 82.2 Å². The number of carbonyl (C=O) groups is 3. The van der Waals surface area contributed by atoms with Gasteiger partial charge in [0.05, 0.1) is 32.2 Å². The quantitative estimate of drug-likeness (QED) is 0.179. The number of ether oxygens (including phenoxy) is 1. The molecule has 0 unspecified atom stereocenters. The molecule has 0 aromatic rings. The maximum absolute atomic E-state index is 13.5. The molecule has 2 bridgehead atoms. The third-order valence-electron chi connectivity index (χ3n) is 10.4. The maximum Gasteiger partial charge on any atom is 0.410 e. The number of fused-ring (bicyclic) bond motifs is 2. The number of unbranched alkanes of at least 4 members (excludes halogenated alkanes) is 4. The lowest BCUT2D eigenvalue weighted by Gasteiger charge is -2.58. The number of amides is 4. The Bertz CT molecular complexity index is 929. The second kappa shape index (κ2) is 14.4. The van der Waals surface area contributed by atoms with Crippen LogP contribution in [0.3, 0.4) is 0 Å². The largest absolute Gasteiger partial charge is 0.444 e. The molecule has 246 valence electrons. The number of piperidine rings is 1. The number of urea groups is 1. The summed E-state index contributed by atoms with van der Waals surface area (Å²) in [5.41, 5.74) is -0.369. The number of hydrogen-bond donors (Lipinski definition) is 1. The maximum atomic E-state index is 13.5. The van der Waals surface area contributed by atoms with Crippen molar-refractivity contribution in [3.63, 3.8) is 0 Å². The van der Waals surface area contributed by atoms with E-state index in [9.17, 15) is 14.4 Å². The molecule has 9 heteroatoms. The lowest BCUT2D eigenvalue weighted by Crippen LogP contribution is -2.68. The standard InChI is InChI=1S/C34H61N5O4/c1-7-10-18-39(19-11-8-2,20-12-9-3)21-14-13-17-37-28-15-16-29(38(24-28)31(37)41)30(40)35-27-22-34(23-27)25-36(26-34)32(42)43-33(4,5)6/h27-29H,7-26H2,1-6H3/p+1/t28-,29-/m1/s1. The molecule has 4 rings (SSSR count). The van der Waals surface area contributed by atoms with Crippen molar-refractivity contribution in [2.24, 2.45) is 5.41 Å². The molecule has 4 fully saturated rings. The SMILES string of the molecule is CCCC[N+](CCCC)(CCCC)CCCCN1C(=O)N2C[C@H]1CC[C@@H]2C(=O)NC1CC2(C1)CN(C(=O)OC(C)(C)C)C2. The zero-order valence-electron chi connectivity index (χ0n) is 28.3. The number of carbonyl (C=O) groups excluding carboxylic acids is 3. The third kappa shape index (κ3) is 8.37. The van der Waals surface area contributed by atoms with Gasteiger partial charge in [0.15, 0.2) is 0 Å². The number of rotatable bonds is 16. The summed E-state index contributed by atoms with van der Waals surface area (Å²) in [4.78, 5) is 44.8. The highest BCUT2D eigenvalue weighted by molar-refractivity contribution is 5.89. The fourth-order valence-electron chi connectivity index (χ4n) is 8.03. The first-order valence-electron chi connectivity index (χ1n) is 17.6. The van der Waals surface area contributed by atoms with Gasteiger partial charge in [-0.05, 0) is 78.6 Å². The molecular weight excluding hydrogens is 542 g/mol. The van der Waals surface area contributed by atoms with Crippen molar-refractivity contribution in [1.82, 2.24) is 20.0 Å². The van der Waals surface area contributed by atoms with Gasteiger partial charge in [-0.25, -0.2) is 9.59 Å². The molecule has 1 spiro atoms. The first-order valence-corrected chi connectivity index (χ1v) is 17.6. The smallest absolute Gasteiger partial charge is 0.410 e. The van der Waals surface area contributed by atoms with E-state index in [1.54, 1.807) is 4.90 Å². The first-order chi connectivity index (χ1) is 20.4. The van der Waals surface area contributed by atoms with Gasteiger partial charge in [-0.15, -0.1) is 0 Å². The molecule has 3 saturated heterocycles. The molecule has 43 heavy (non-hydrogen) atoms. The van der Waals surface area contributed by atoms with Crippen LogP contribution in [0.4, 0.5) is 9.59 Å². The van der Waals surface area contributed by atoms with Gasteiger partial charge in [-0.3, -0.25) is 4.79 Å².